The van der Waals surface area contributed by atoms with E-state index in [-0.39, 0.29) is 11.8 Å². The number of unbranched alkanes of at least 4 members (excludes halogenated alkanes) is 1. The van der Waals surface area contributed by atoms with Crippen molar-refractivity contribution < 1.29 is 9.15 Å². The standard InChI is InChI=1S/C30H36N4O2/c1-35-27-15-7-5-11-22(27)21-25-24(29-33-26-14-6-8-16-28(26)36-29)17-20-34(32)30(25,18-9-10-19-31)23-12-3-2-4-13-23/h2-8,11-16,24-25H,9-10,17-21,31-32H2,1H3. The lowest BCUT2D eigenvalue weighted by Crippen LogP contribution is -2.60. The van der Waals surface area contributed by atoms with Crippen LogP contribution < -0.4 is 16.3 Å². The zero-order valence-corrected chi connectivity index (χ0v) is 21.0. The number of fused-ring (bicyclic) bond motifs is 1. The van der Waals surface area contributed by atoms with E-state index in [0.717, 1.165) is 61.4 Å². The topological polar surface area (TPSA) is 90.5 Å². The van der Waals surface area contributed by atoms with Gasteiger partial charge in [-0.3, -0.25) is 5.84 Å². The predicted octanol–water partition coefficient (Wildman–Crippen LogP) is 5.38. The van der Waals surface area contributed by atoms with Gasteiger partial charge >= 0.3 is 0 Å². The Hall–Kier alpha value is -3.19. The monoisotopic (exact) mass is 484 g/mol. The van der Waals surface area contributed by atoms with Gasteiger partial charge in [0.15, 0.2) is 11.5 Å². The summed E-state index contributed by atoms with van der Waals surface area (Å²) in [4.78, 5) is 4.97. The normalized spacial score (nSPS) is 22.6. The number of para-hydroxylation sites is 3. The maximum absolute atomic E-state index is 6.98. The molecule has 3 aromatic carbocycles. The number of rotatable bonds is 9. The summed E-state index contributed by atoms with van der Waals surface area (Å²) in [5.41, 5.74) is 9.65. The van der Waals surface area contributed by atoms with Gasteiger partial charge in [0.2, 0.25) is 0 Å². The summed E-state index contributed by atoms with van der Waals surface area (Å²) in [6.45, 7) is 1.42. The van der Waals surface area contributed by atoms with Gasteiger partial charge in [-0.15, -0.1) is 0 Å². The lowest BCUT2D eigenvalue weighted by atomic mass is 9.63. The molecule has 4 N–H and O–H groups in total. The minimum Gasteiger partial charge on any atom is -0.496 e. The molecule has 0 radical (unpaired) electrons. The Kier molecular flexibility index (Phi) is 7.37. The summed E-state index contributed by atoms with van der Waals surface area (Å²) in [6, 6.07) is 27.0. The molecule has 1 fully saturated rings. The molecule has 0 bridgehead atoms. The van der Waals surface area contributed by atoms with Crippen LogP contribution in [0.3, 0.4) is 0 Å². The molecule has 0 amide bonds. The van der Waals surface area contributed by atoms with Crippen molar-refractivity contribution in [3.8, 4) is 5.75 Å². The van der Waals surface area contributed by atoms with Crippen LogP contribution >= 0.6 is 0 Å². The van der Waals surface area contributed by atoms with Crippen LogP contribution in [-0.4, -0.2) is 30.2 Å². The number of ether oxygens (including phenoxy) is 1. The average molecular weight is 485 g/mol. The van der Waals surface area contributed by atoms with E-state index in [0.29, 0.717) is 6.54 Å². The number of benzene rings is 3. The molecule has 1 aliphatic rings. The van der Waals surface area contributed by atoms with Crippen molar-refractivity contribution in [1.29, 1.82) is 0 Å². The fraction of sp³-hybridized carbons (Fsp3) is 0.367. The Bertz CT molecular complexity index is 1240. The van der Waals surface area contributed by atoms with E-state index in [4.69, 9.17) is 25.7 Å². The van der Waals surface area contributed by atoms with Crippen LogP contribution in [0.4, 0.5) is 0 Å². The molecule has 1 saturated heterocycles. The van der Waals surface area contributed by atoms with Crippen LogP contribution in [0.5, 0.6) is 5.75 Å². The molecule has 188 valence electrons. The lowest BCUT2D eigenvalue weighted by molar-refractivity contribution is -0.0386. The molecule has 6 heteroatoms. The fourth-order valence-electron chi connectivity index (χ4n) is 6.11. The Labute approximate surface area is 213 Å². The highest BCUT2D eigenvalue weighted by Gasteiger charge is 2.52. The van der Waals surface area contributed by atoms with Gasteiger partial charge in [0.05, 0.1) is 12.6 Å². The average Bonchev–Trinajstić information content (AvgIpc) is 3.35. The Morgan fingerprint density at radius 3 is 2.53 bits per heavy atom. The van der Waals surface area contributed by atoms with Crippen LogP contribution in [0.1, 0.15) is 48.6 Å². The van der Waals surface area contributed by atoms with Crippen molar-refractivity contribution in [1.82, 2.24) is 9.99 Å². The molecular formula is C30H36N4O2. The molecule has 2 heterocycles. The first-order valence-corrected chi connectivity index (χ1v) is 12.9. The molecule has 36 heavy (non-hydrogen) atoms. The van der Waals surface area contributed by atoms with Crippen molar-refractivity contribution in [2.24, 2.45) is 17.5 Å². The van der Waals surface area contributed by atoms with Gasteiger partial charge in [-0.1, -0.05) is 60.7 Å². The molecule has 1 aromatic heterocycles. The summed E-state index contributed by atoms with van der Waals surface area (Å²) >= 11 is 0. The maximum Gasteiger partial charge on any atom is 0.199 e. The first-order chi connectivity index (χ1) is 17.7. The third kappa shape index (κ3) is 4.52. The van der Waals surface area contributed by atoms with E-state index in [1.54, 1.807) is 7.11 Å². The van der Waals surface area contributed by atoms with Gasteiger partial charge in [-0.2, -0.15) is 0 Å². The Balaban J connectivity index is 1.67. The zero-order valence-electron chi connectivity index (χ0n) is 21.0. The lowest BCUT2D eigenvalue weighted by Gasteiger charge is -2.53. The molecule has 5 rings (SSSR count). The van der Waals surface area contributed by atoms with Gasteiger partial charge in [0.1, 0.15) is 11.3 Å². The number of methoxy groups -OCH3 is 1. The number of hydrogen-bond acceptors (Lipinski definition) is 6. The van der Waals surface area contributed by atoms with Gasteiger partial charge in [0, 0.05) is 12.5 Å². The molecule has 4 aromatic rings. The smallest absolute Gasteiger partial charge is 0.199 e. The van der Waals surface area contributed by atoms with Crippen molar-refractivity contribution in [3.05, 3.63) is 95.9 Å². The molecule has 1 aliphatic heterocycles. The highest BCUT2D eigenvalue weighted by Crippen LogP contribution is 2.52. The second-order valence-corrected chi connectivity index (χ2v) is 9.77. The number of nitrogens with zero attached hydrogens (tertiary/aromatic N) is 2. The van der Waals surface area contributed by atoms with E-state index in [1.807, 2.05) is 36.4 Å². The maximum atomic E-state index is 6.98. The van der Waals surface area contributed by atoms with Crippen molar-refractivity contribution >= 4 is 11.1 Å². The predicted molar refractivity (Wildman–Crippen MR) is 143 cm³/mol. The number of oxazole rings is 1. The third-order valence-electron chi connectivity index (χ3n) is 7.84. The van der Waals surface area contributed by atoms with E-state index >= 15 is 0 Å². The molecule has 6 nitrogen and oxygen atoms in total. The molecule has 3 atom stereocenters. The summed E-state index contributed by atoms with van der Waals surface area (Å²) in [6.07, 6.45) is 4.51. The summed E-state index contributed by atoms with van der Waals surface area (Å²) < 4.78 is 12.2. The van der Waals surface area contributed by atoms with Crippen LogP contribution in [0, 0.1) is 5.92 Å². The van der Waals surface area contributed by atoms with Crippen LogP contribution in [0.15, 0.2) is 83.3 Å². The van der Waals surface area contributed by atoms with E-state index in [9.17, 15) is 0 Å². The largest absolute Gasteiger partial charge is 0.496 e. The number of piperidine rings is 1. The van der Waals surface area contributed by atoms with E-state index in [2.05, 4.69) is 47.5 Å². The third-order valence-corrected chi connectivity index (χ3v) is 7.84. The SMILES string of the molecule is COc1ccccc1CC1C(c2nc3ccccc3o2)CCN(N)C1(CCCCN)c1ccccc1. The van der Waals surface area contributed by atoms with Crippen molar-refractivity contribution in [2.75, 3.05) is 20.2 Å². The first-order valence-electron chi connectivity index (χ1n) is 12.9. The van der Waals surface area contributed by atoms with Crippen LogP contribution in [0.25, 0.3) is 11.1 Å². The number of nitrogens with two attached hydrogens (primary N) is 2. The number of hydrazine groups is 1. The van der Waals surface area contributed by atoms with Crippen molar-refractivity contribution in [3.63, 3.8) is 0 Å². The van der Waals surface area contributed by atoms with Gasteiger partial charge in [0.25, 0.3) is 0 Å². The Morgan fingerprint density at radius 2 is 1.75 bits per heavy atom. The quantitative estimate of drug-likeness (QED) is 0.245. The number of aromatic nitrogens is 1. The molecule has 0 spiro atoms. The zero-order chi connectivity index (χ0) is 25.0. The van der Waals surface area contributed by atoms with E-state index in [1.165, 1.54) is 11.1 Å². The molecule has 3 unspecified atom stereocenters. The Morgan fingerprint density at radius 1 is 1.00 bits per heavy atom. The molecular weight excluding hydrogens is 448 g/mol. The highest BCUT2D eigenvalue weighted by atomic mass is 16.5. The second kappa shape index (κ2) is 10.8. The summed E-state index contributed by atoms with van der Waals surface area (Å²) in [7, 11) is 1.74. The summed E-state index contributed by atoms with van der Waals surface area (Å²) in [5.74, 6) is 8.88. The molecule has 0 aliphatic carbocycles. The molecule has 0 saturated carbocycles. The van der Waals surface area contributed by atoms with Gasteiger partial charge < -0.3 is 14.9 Å². The number of hydrogen-bond donors (Lipinski definition) is 2. The first kappa shape index (κ1) is 24.5. The minimum absolute atomic E-state index is 0.0974. The van der Waals surface area contributed by atoms with Crippen molar-refractivity contribution in [2.45, 2.75) is 43.6 Å². The van der Waals surface area contributed by atoms with Crippen LogP contribution in [-0.2, 0) is 12.0 Å². The van der Waals surface area contributed by atoms with Crippen LogP contribution in [0.2, 0.25) is 0 Å². The van der Waals surface area contributed by atoms with Gasteiger partial charge in [-0.25, -0.2) is 9.99 Å². The summed E-state index contributed by atoms with van der Waals surface area (Å²) in [5, 5.41) is 2.08. The highest BCUT2D eigenvalue weighted by molar-refractivity contribution is 5.72. The van der Waals surface area contributed by atoms with Gasteiger partial charge in [-0.05, 0) is 73.9 Å². The fourth-order valence-corrected chi connectivity index (χ4v) is 6.11. The second-order valence-electron chi connectivity index (χ2n) is 9.77. The minimum atomic E-state index is -0.402. The van der Waals surface area contributed by atoms with E-state index < -0.39 is 5.54 Å².